The first-order chi connectivity index (χ1) is 13.1. The second-order valence-electron chi connectivity index (χ2n) is 6.81. The number of nitrogens with zero attached hydrogens (tertiary/aromatic N) is 1. The Morgan fingerprint density at radius 3 is 2.14 bits per heavy atom. The van der Waals surface area contributed by atoms with E-state index in [2.05, 4.69) is 10.0 Å². The summed E-state index contributed by atoms with van der Waals surface area (Å²) in [7, 11) is -3.45. The van der Waals surface area contributed by atoms with Gasteiger partial charge >= 0.3 is 12.4 Å². The molecule has 29 heavy (non-hydrogen) atoms. The van der Waals surface area contributed by atoms with Crippen LogP contribution in [-0.2, 0) is 27.2 Å². The van der Waals surface area contributed by atoms with E-state index in [9.17, 15) is 39.6 Å². The fourth-order valence-electron chi connectivity index (χ4n) is 3.03. The van der Waals surface area contributed by atoms with E-state index in [0.29, 0.717) is 31.5 Å². The number of carbonyl (C=O) groups excluding carboxylic acids is 1. The van der Waals surface area contributed by atoms with Crippen molar-refractivity contribution in [2.45, 2.75) is 31.2 Å². The molecule has 1 saturated heterocycles. The van der Waals surface area contributed by atoms with Gasteiger partial charge in [-0.3, -0.25) is 9.69 Å². The molecule has 0 aliphatic carbocycles. The quantitative estimate of drug-likeness (QED) is 0.681. The van der Waals surface area contributed by atoms with E-state index in [-0.39, 0.29) is 19.2 Å². The number of hydrogen-bond acceptors (Lipinski definition) is 4. The molecule has 0 bridgehead atoms. The zero-order valence-corrected chi connectivity index (χ0v) is 16.0. The van der Waals surface area contributed by atoms with Gasteiger partial charge in [0, 0.05) is 18.3 Å². The monoisotopic (exact) mass is 447 g/mol. The minimum Gasteiger partial charge on any atom is -0.325 e. The van der Waals surface area contributed by atoms with Gasteiger partial charge in [0.15, 0.2) is 0 Å². The summed E-state index contributed by atoms with van der Waals surface area (Å²) in [6.07, 6.45) is -7.92. The molecule has 1 aromatic carbocycles. The topological polar surface area (TPSA) is 78.5 Å². The van der Waals surface area contributed by atoms with E-state index in [0.717, 1.165) is 6.26 Å². The minimum atomic E-state index is -5.02. The lowest BCUT2D eigenvalue weighted by Gasteiger charge is -2.32. The Morgan fingerprint density at radius 1 is 1.10 bits per heavy atom. The number of amides is 1. The Balaban J connectivity index is 2.10. The lowest BCUT2D eigenvalue weighted by Crippen LogP contribution is -2.49. The Morgan fingerprint density at radius 2 is 1.66 bits per heavy atom. The zero-order chi connectivity index (χ0) is 22.0. The maximum absolute atomic E-state index is 12.9. The summed E-state index contributed by atoms with van der Waals surface area (Å²) in [5, 5.41) is 2.06. The number of piperidine rings is 1. The van der Waals surface area contributed by atoms with Gasteiger partial charge in [-0.15, -0.1) is 0 Å². The molecule has 2 N–H and O–H groups in total. The largest absolute Gasteiger partial charge is 0.416 e. The fourth-order valence-corrected chi connectivity index (χ4v) is 3.83. The number of benzene rings is 1. The molecule has 1 aliphatic rings. The normalized spacial score (nSPS) is 19.2. The van der Waals surface area contributed by atoms with Crippen molar-refractivity contribution in [2.24, 2.45) is 0 Å². The lowest BCUT2D eigenvalue weighted by molar-refractivity contribution is -0.143. The zero-order valence-electron chi connectivity index (χ0n) is 15.2. The number of rotatable bonds is 5. The molecule has 1 atom stereocenters. The van der Waals surface area contributed by atoms with E-state index in [1.165, 1.54) is 0 Å². The average Bonchev–Trinajstić information content (AvgIpc) is 2.51. The Kier molecular flexibility index (Phi) is 6.85. The molecule has 1 heterocycles. The molecule has 0 radical (unpaired) electrons. The molecule has 0 spiro atoms. The molecule has 164 valence electrons. The van der Waals surface area contributed by atoms with Crippen LogP contribution < -0.4 is 10.0 Å². The van der Waals surface area contributed by atoms with Crippen LogP contribution in [-0.4, -0.2) is 51.2 Å². The van der Waals surface area contributed by atoms with Crippen LogP contribution in [0.2, 0.25) is 0 Å². The molecule has 1 fully saturated rings. The molecule has 2 rings (SSSR count). The molecule has 1 aliphatic heterocycles. The first-order valence-corrected chi connectivity index (χ1v) is 10.3. The maximum atomic E-state index is 12.9. The number of sulfonamides is 1. The minimum absolute atomic E-state index is 0.0260. The second-order valence-corrected chi connectivity index (χ2v) is 8.59. The molecular formula is C16H19F6N3O3S. The van der Waals surface area contributed by atoms with Crippen LogP contribution in [0.5, 0.6) is 0 Å². The maximum Gasteiger partial charge on any atom is 0.416 e. The third-order valence-corrected chi connectivity index (χ3v) is 4.89. The lowest BCUT2D eigenvalue weighted by atomic mass is 10.1. The molecule has 1 aromatic rings. The first-order valence-electron chi connectivity index (χ1n) is 8.42. The van der Waals surface area contributed by atoms with E-state index in [1.807, 2.05) is 0 Å². The highest BCUT2D eigenvalue weighted by molar-refractivity contribution is 7.88. The molecule has 13 heteroatoms. The van der Waals surface area contributed by atoms with Crippen molar-refractivity contribution >= 4 is 21.6 Å². The van der Waals surface area contributed by atoms with Gasteiger partial charge in [0.05, 0.1) is 23.9 Å². The standard InChI is InChI=1S/C16H19F6N3O3S/c1-29(27,28)24-12-3-2-4-25(8-12)9-14(26)23-13-6-10(15(17,18)19)5-11(7-13)16(20,21)22/h5-7,12,24H,2-4,8-9H2,1H3,(H,23,26). The number of anilines is 1. The predicted molar refractivity (Wildman–Crippen MR) is 92.5 cm³/mol. The Hall–Kier alpha value is -1.86. The third-order valence-electron chi connectivity index (χ3n) is 4.12. The van der Waals surface area contributed by atoms with Crippen LogP contribution in [0.15, 0.2) is 18.2 Å². The van der Waals surface area contributed by atoms with Crippen molar-refractivity contribution in [3.63, 3.8) is 0 Å². The summed E-state index contributed by atoms with van der Waals surface area (Å²) in [5.41, 5.74) is -3.68. The third kappa shape index (κ3) is 7.48. The van der Waals surface area contributed by atoms with Gasteiger partial charge in [-0.25, -0.2) is 13.1 Å². The van der Waals surface area contributed by atoms with E-state index in [4.69, 9.17) is 0 Å². The highest BCUT2D eigenvalue weighted by atomic mass is 32.2. The second kappa shape index (κ2) is 8.48. The highest BCUT2D eigenvalue weighted by Crippen LogP contribution is 2.37. The first kappa shape index (κ1) is 23.4. The Labute approximate surface area is 163 Å². The summed E-state index contributed by atoms with van der Waals surface area (Å²) >= 11 is 0. The summed E-state index contributed by atoms with van der Waals surface area (Å²) in [5.74, 6) is -0.808. The number of halogens is 6. The smallest absolute Gasteiger partial charge is 0.325 e. The van der Waals surface area contributed by atoms with E-state index < -0.39 is 51.1 Å². The summed E-state index contributed by atoms with van der Waals surface area (Å²) in [6.45, 7) is 0.322. The number of alkyl halides is 6. The number of carbonyl (C=O) groups is 1. The van der Waals surface area contributed by atoms with Gasteiger partial charge in [-0.05, 0) is 37.6 Å². The van der Waals surface area contributed by atoms with E-state index in [1.54, 1.807) is 4.90 Å². The molecule has 1 unspecified atom stereocenters. The van der Waals surface area contributed by atoms with Crippen molar-refractivity contribution < 1.29 is 39.6 Å². The van der Waals surface area contributed by atoms with Crippen molar-refractivity contribution in [3.05, 3.63) is 29.3 Å². The Bertz CT molecular complexity index is 822. The van der Waals surface area contributed by atoms with Crippen LogP contribution in [0.1, 0.15) is 24.0 Å². The van der Waals surface area contributed by atoms with Gasteiger partial charge in [0.25, 0.3) is 0 Å². The van der Waals surface area contributed by atoms with Crippen LogP contribution in [0.4, 0.5) is 32.0 Å². The fraction of sp³-hybridized carbons (Fsp3) is 0.562. The van der Waals surface area contributed by atoms with Crippen molar-refractivity contribution in [3.8, 4) is 0 Å². The molecule has 1 amide bonds. The number of hydrogen-bond donors (Lipinski definition) is 2. The average molecular weight is 447 g/mol. The SMILES string of the molecule is CS(=O)(=O)NC1CCCN(CC(=O)Nc2cc(C(F)(F)F)cc(C(F)(F)F)c2)C1. The van der Waals surface area contributed by atoms with Crippen molar-refractivity contribution in [1.82, 2.24) is 9.62 Å². The van der Waals surface area contributed by atoms with Crippen molar-refractivity contribution in [1.29, 1.82) is 0 Å². The van der Waals surface area contributed by atoms with Gasteiger partial charge in [-0.2, -0.15) is 26.3 Å². The number of nitrogens with one attached hydrogen (secondary N) is 2. The van der Waals surface area contributed by atoms with E-state index >= 15 is 0 Å². The molecule has 6 nitrogen and oxygen atoms in total. The summed E-state index contributed by atoms with van der Waals surface area (Å²) in [6, 6.07) is 0.396. The van der Waals surface area contributed by atoms with Gasteiger partial charge in [-0.1, -0.05) is 0 Å². The van der Waals surface area contributed by atoms with Gasteiger partial charge < -0.3 is 5.32 Å². The molecule has 0 saturated carbocycles. The van der Waals surface area contributed by atoms with Gasteiger partial charge in [0.1, 0.15) is 0 Å². The summed E-state index contributed by atoms with van der Waals surface area (Å²) in [4.78, 5) is 13.7. The predicted octanol–water partition coefficient (Wildman–Crippen LogP) is 2.68. The van der Waals surface area contributed by atoms with Gasteiger partial charge in [0.2, 0.25) is 15.9 Å². The van der Waals surface area contributed by atoms with Crippen LogP contribution in [0, 0.1) is 0 Å². The van der Waals surface area contributed by atoms with Crippen molar-refractivity contribution in [2.75, 3.05) is 31.2 Å². The molecule has 0 aromatic heterocycles. The van der Waals surface area contributed by atoms with Crippen LogP contribution in [0.3, 0.4) is 0 Å². The highest BCUT2D eigenvalue weighted by Gasteiger charge is 2.37. The molecular weight excluding hydrogens is 428 g/mol. The van der Waals surface area contributed by atoms with Crippen LogP contribution >= 0.6 is 0 Å². The van der Waals surface area contributed by atoms with Crippen LogP contribution in [0.25, 0.3) is 0 Å². The summed E-state index contributed by atoms with van der Waals surface area (Å²) < 4.78 is 102. The number of likely N-dealkylation sites (tertiary alicyclic amines) is 1.